The Bertz CT molecular complexity index is 1880. The maximum absolute atomic E-state index is 12.6. The van der Waals surface area contributed by atoms with Gasteiger partial charge in [0.1, 0.15) is 0 Å². The summed E-state index contributed by atoms with van der Waals surface area (Å²) in [5, 5.41) is 6.66. The minimum atomic E-state index is -4.14. The predicted molar refractivity (Wildman–Crippen MR) is 161 cm³/mol. The molecule has 4 heteroatoms. The Morgan fingerprint density at radius 3 is 2.28 bits per heavy atom. The van der Waals surface area contributed by atoms with Crippen LogP contribution < -0.4 is 10.4 Å². The van der Waals surface area contributed by atoms with Gasteiger partial charge in [-0.2, -0.15) is 0 Å². The van der Waals surface area contributed by atoms with Crippen molar-refractivity contribution < 1.29 is 10.9 Å². The van der Waals surface area contributed by atoms with Crippen LogP contribution in [0.1, 0.15) is 37.5 Å². The number of alkyl halides is 1. The minimum absolute atomic E-state index is 0.583. The van der Waals surface area contributed by atoms with Crippen molar-refractivity contribution in [1.82, 2.24) is 0 Å². The topological polar surface area (TPSA) is 50.4 Å². The van der Waals surface area contributed by atoms with Crippen molar-refractivity contribution in [1.29, 1.82) is 0 Å². The molecule has 36 heavy (non-hydrogen) atoms. The third kappa shape index (κ3) is 4.02. The average Bonchev–Trinajstić information content (AvgIpc) is 3.23. The molecule has 0 aliphatic carbocycles. The van der Waals surface area contributed by atoms with Crippen LogP contribution in [0.4, 0.5) is 0 Å². The Morgan fingerprint density at radius 1 is 0.861 bits per heavy atom. The molecule has 1 heterocycles. The molecule has 4 aromatic carbocycles. The quantitative estimate of drug-likeness (QED) is 0.175. The van der Waals surface area contributed by atoms with E-state index in [0.29, 0.717) is 3.57 Å². The number of aryl methyl sites for hydroxylation is 1. The van der Waals surface area contributed by atoms with Crippen LogP contribution in [0.25, 0.3) is 49.9 Å². The van der Waals surface area contributed by atoms with Crippen LogP contribution in [-0.2, 0) is 3.07 Å². The van der Waals surface area contributed by atoms with Gasteiger partial charge in [-0.05, 0) is 5.39 Å². The molecule has 0 saturated carbocycles. The van der Waals surface area contributed by atoms with Gasteiger partial charge in [0.05, 0.1) is 0 Å². The number of furan rings is 1. The number of benzene rings is 4. The first-order valence-electron chi connectivity index (χ1n) is 12.1. The first-order chi connectivity index (χ1) is 17.1. The SMILES string of the molecule is C\C=c1/ccc(I(C)(=O)O)c(C)/c1=C(C)/C=C(\C)c1ccc2c(oc3c4ccccc4ccc23)c1C. The van der Waals surface area contributed by atoms with E-state index in [9.17, 15) is 6.51 Å². The normalized spacial score (nSPS) is 16.5. The van der Waals surface area contributed by atoms with Crippen molar-refractivity contribution >= 4 is 68.8 Å². The molecule has 0 bridgehead atoms. The molecule has 0 saturated heterocycles. The Hall–Kier alpha value is -3.09. The van der Waals surface area contributed by atoms with Crippen molar-refractivity contribution in [2.24, 2.45) is 0 Å². The molecule has 1 atom stereocenters. The Labute approximate surface area is 215 Å². The van der Waals surface area contributed by atoms with Crippen LogP contribution >= 0.6 is 18.8 Å². The fourth-order valence-electron chi connectivity index (χ4n) is 5.46. The van der Waals surface area contributed by atoms with Crippen molar-refractivity contribution in [3.8, 4) is 0 Å². The van der Waals surface area contributed by atoms with Crippen LogP contribution in [0.5, 0.6) is 0 Å². The van der Waals surface area contributed by atoms with E-state index in [1.165, 1.54) is 10.3 Å². The first kappa shape index (κ1) is 24.6. The van der Waals surface area contributed by atoms with Crippen LogP contribution in [0.15, 0.2) is 71.2 Å². The standard InChI is InChI=1S/C32H31IO3/c1-7-23-13-17-29(33(6,34)35)22(5)30(23)20(3)18-19(2)25-15-16-27-28-14-12-24-10-8-9-11-26(24)32(28)36-31(27)21(25)4/h7-18H,1-6H3,(H,34,35)/b19-18+,23-7+,30-20-. The van der Waals surface area contributed by atoms with E-state index >= 15 is 0 Å². The van der Waals surface area contributed by atoms with Gasteiger partial charge in [-0.3, -0.25) is 0 Å². The van der Waals surface area contributed by atoms with E-state index in [1.54, 1.807) is 0 Å². The number of fused-ring (bicyclic) bond motifs is 5. The summed E-state index contributed by atoms with van der Waals surface area (Å²) in [6.07, 6.45) is 4.23. The monoisotopic (exact) mass is 590 g/mol. The Balaban J connectivity index is 1.73. The average molecular weight is 591 g/mol. The van der Waals surface area contributed by atoms with Gasteiger partial charge in [-0.15, -0.1) is 0 Å². The van der Waals surface area contributed by atoms with Crippen LogP contribution in [0.3, 0.4) is 0 Å². The molecule has 0 spiro atoms. The van der Waals surface area contributed by atoms with Crippen molar-refractivity contribution in [2.75, 3.05) is 4.93 Å². The summed E-state index contributed by atoms with van der Waals surface area (Å²) in [5.41, 5.74) is 7.17. The number of allylic oxidation sites excluding steroid dienone is 2. The number of halogens is 1. The second kappa shape index (κ2) is 9.09. The third-order valence-electron chi connectivity index (χ3n) is 7.15. The van der Waals surface area contributed by atoms with E-state index < -0.39 is 18.8 Å². The predicted octanol–water partition coefficient (Wildman–Crippen LogP) is 7.52. The number of rotatable bonds is 3. The van der Waals surface area contributed by atoms with E-state index in [2.05, 4.69) is 69.3 Å². The zero-order chi connectivity index (χ0) is 25.8. The summed E-state index contributed by atoms with van der Waals surface area (Å²) in [5.74, 6) is 0. The maximum atomic E-state index is 12.6. The van der Waals surface area contributed by atoms with E-state index in [1.807, 2.05) is 38.1 Å². The van der Waals surface area contributed by atoms with Crippen LogP contribution in [0.2, 0.25) is 0 Å². The van der Waals surface area contributed by atoms with Gasteiger partial charge in [-0.1, -0.05) is 30.3 Å². The van der Waals surface area contributed by atoms with Gasteiger partial charge in [0.15, 0.2) is 0 Å². The second-order valence-electron chi connectivity index (χ2n) is 9.56. The summed E-state index contributed by atoms with van der Waals surface area (Å²) in [6.45, 7) is 10.3. The van der Waals surface area contributed by atoms with E-state index in [4.69, 9.17) is 4.42 Å². The van der Waals surface area contributed by atoms with Gasteiger partial charge < -0.3 is 0 Å². The molecule has 1 N–H and O–H groups in total. The molecule has 5 aromatic rings. The summed E-state index contributed by atoms with van der Waals surface area (Å²) >= 11 is -4.14. The molecule has 0 aliphatic heterocycles. The fraction of sp³-hybridized carbons (Fsp3) is 0.188. The molecular formula is C32H31IO3. The van der Waals surface area contributed by atoms with Gasteiger partial charge in [0.25, 0.3) is 0 Å². The van der Waals surface area contributed by atoms with Gasteiger partial charge in [0, 0.05) is 0 Å². The number of hydrogen-bond acceptors (Lipinski definition) is 2. The zero-order valence-corrected chi connectivity index (χ0v) is 23.7. The molecular weight excluding hydrogens is 559 g/mol. The van der Waals surface area contributed by atoms with Gasteiger partial charge in [0.2, 0.25) is 0 Å². The molecule has 1 unspecified atom stereocenters. The van der Waals surface area contributed by atoms with Crippen molar-refractivity contribution in [3.63, 3.8) is 0 Å². The second-order valence-corrected chi connectivity index (χ2v) is 15.0. The fourth-order valence-corrected chi connectivity index (χ4v) is 8.07. The van der Waals surface area contributed by atoms with Gasteiger partial charge in [-0.25, -0.2) is 0 Å². The Morgan fingerprint density at radius 2 is 1.56 bits per heavy atom. The van der Waals surface area contributed by atoms with E-state index in [-0.39, 0.29) is 0 Å². The van der Waals surface area contributed by atoms with Gasteiger partial charge >= 0.3 is 181 Å². The summed E-state index contributed by atoms with van der Waals surface area (Å²) in [4.78, 5) is 1.47. The zero-order valence-electron chi connectivity index (χ0n) is 21.6. The molecule has 0 aliphatic rings. The van der Waals surface area contributed by atoms with Crippen LogP contribution in [0, 0.1) is 17.4 Å². The van der Waals surface area contributed by atoms with Crippen molar-refractivity contribution in [3.05, 3.63) is 97.4 Å². The Kier molecular flexibility index (Phi) is 6.21. The third-order valence-corrected chi connectivity index (χ3v) is 10.5. The van der Waals surface area contributed by atoms with Crippen LogP contribution in [-0.4, -0.2) is 8.37 Å². The molecule has 0 fully saturated rings. The first-order valence-corrected chi connectivity index (χ1v) is 17.1. The molecule has 0 radical (unpaired) electrons. The van der Waals surface area contributed by atoms with E-state index in [0.717, 1.165) is 65.6 Å². The summed E-state index contributed by atoms with van der Waals surface area (Å²) < 4.78 is 30.0. The van der Waals surface area contributed by atoms with Crippen molar-refractivity contribution in [2.45, 2.75) is 34.6 Å². The molecule has 0 amide bonds. The number of hydrogen-bond donors (Lipinski definition) is 1. The molecule has 1 aromatic heterocycles. The summed E-state index contributed by atoms with van der Waals surface area (Å²) in [6, 6.07) is 20.7. The molecule has 5 rings (SSSR count). The summed E-state index contributed by atoms with van der Waals surface area (Å²) in [7, 11) is 0. The molecule has 3 nitrogen and oxygen atoms in total. The molecule has 184 valence electrons.